The van der Waals surface area contributed by atoms with E-state index in [0.717, 1.165) is 24.3 Å². The van der Waals surface area contributed by atoms with Gasteiger partial charge in [-0.1, -0.05) is 65.2 Å². The fraction of sp³-hybridized carbons (Fsp3) is 1.00. The first-order valence-corrected chi connectivity index (χ1v) is 7.98. The van der Waals surface area contributed by atoms with Crippen LogP contribution in [-0.2, 0) is 0 Å². The zero-order valence-electron chi connectivity index (χ0n) is 12.1. The van der Waals surface area contributed by atoms with Gasteiger partial charge in [0.1, 0.15) is 0 Å². The van der Waals surface area contributed by atoms with Crippen molar-refractivity contribution in [3.63, 3.8) is 0 Å². The Morgan fingerprint density at radius 3 is 2.71 bits per heavy atom. The van der Waals surface area contributed by atoms with Crippen LogP contribution in [0.25, 0.3) is 0 Å². The minimum Gasteiger partial charge on any atom is -0.330 e. The molecule has 1 nitrogen and oxygen atoms in total. The maximum Gasteiger partial charge on any atom is -0.00746 e. The van der Waals surface area contributed by atoms with Crippen molar-refractivity contribution in [2.45, 2.75) is 78.1 Å². The van der Waals surface area contributed by atoms with Crippen LogP contribution in [0.4, 0.5) is 0 Å². The third-order valence-electron chi connectivity index (χ3n) is 4.72. The molecule has 1 fully saturated rings. The van der Waals surface area contributed by atoms with E-state index in [1.54, 1.807) is 0 Å². The normalized spacial score (nSPS) is 27.0. The van der Waals surface area contributed by atoms with Gasteiger partial charge in [-0.2, -0.15) is 0 Å². The summed E-state index contributed by atoms with van der Waals surface area (Å²) in [6.45, 7) is 5.58. The number of hydrogen-bond donors (Lipinski definition) is 1. The topological polar surface area (TPSA) is 26.0 Å². The van der Waals surface area contributed by atoms with Crippen molar-refractivity contribution in [2.75, 3.05) is 6.54 Å². The van der Waals surface area contributed by atoms with Crippen LogP contribution in [0.5, 0.6) is 0 Å². The molecule has 0 amide bonds. The van der Waals surface area contributed by atoms with Gasteiger partial charge in [0, 0.05) is 0 Å². The van der Waals surface area contributed by atoms with Gasteiger partial charge in [-0.05, 0) is 37.1 Å². The molecule has 0 aromatic rings. The van der Waals surface area contributed by atoms with Gasteiger partial charge in [0.2, 0.25) is 0 Å². The fourth-order valence-corrected chi connectivity index (χ4v) is 3.47. The fourth-order valence-electron chi connectivity index (χ4n) is 3.47. The summed E-state index contributed by atoms with van der Waals surface area (Å²) in [5.41, 5.74) is 5.68. The smallest absolute Gasteiger partial charge is 0.00746 e. The first-order chi connectivity index (χ1) is 8.27. The van der Waals surface area contributed by atoms with E-state index in [1.807, 2.05) is 0 Å². The Kier molecular flexibility index (Phi) is 7.92. The lowest BCUT2D eigenvalue weighted by molar-refractivity contribution is 0.189. The predicted molar refractivity (Wildman–Crippen MR) is 77.0 cm³/mol. The van der Waals surface area contributed by atoms with E-state index in [-0.39, 0.29) is 0 Å². The molecular formula is C16H33N. The van der Waals surface area contributed by atoms with Gasteiger partial charge in [-0.25, -0.2) is 0 Å². The van der Waals surface area contributed by atoms with E-state index in [2.05, 4.69) is 13.8 Å². The highest BCUT2D eigenvalue weighted by Crippen LogP contribution is 2.37. The summed E-state index contributed by atoms with van der Waals surface area (Å²) in [6.07, 6.45) is 14.4. The highest BCUT2D eigenvalue weighted by atomic mass is 14.5. The molecule has 1 heteroatoms. The molecule has 0 aliphatic heterocycles. The Hall–Kier alpha value is -0.0400. The molecule has 0 bridgehead atoms. The second-order valence-electron chi connectivity index (χ2n) is 6.20. The average molecular weight is 239 g/mol. The molecule has 0 spiro atoms. The van der Waals surface area contributed by atoms with E-state index in [1.165, 1.54) is 64.2 Å². The van der Waals surface area contributed by atoms with Crippen molar-refractivity contribution >= 4 is 0 Å². The molecule has 0 aromatic carbocycles. The number of unbranched alkanes of at least 4 members (excludes halogenated alkanes) is 3. The molecule has 102 valence electrons. The van der Waals surface area contributed by atoms with E-state index >= 15 is 0 Å². The lowest BCUT2D eigenvalue weighted by Gasteiger charge is -2.33. The molecule has 1 rings (SSSR count). The lowest BCUT2D eigenvalue weighted by Crippen LogP contribution is -2.23. The number of nitrogens with two attached hydrogens (primary N) is 1. The van der Waals surface area contributed by atoms with Crippen molar-refractivity contribution < 1.29 is 0 Å². The maximum atomic E-state index is 5.68. The van der Waals surface area contributed by atoms with E-state index in [4.69, 9.17) is 5.73 Å². The van der Waals surface area contributed by atoms with Crippen LogP contribution in [0, 0.1) is 17.8 Å². The molecule has 1 aliphatic carbocycles. The Morgan fingerprint density at radius 2 is 2.00 bits per heavy atom. The second-order valence-corrected chi connectivity index (χ2v) is 6.20. The second kappa shape index (κ2) is 8.97. The molecule has 0 radical (unpaired) electrons. The number of hydrogen-bond acceptors (Lipinski definition) is 1. The van der Waals surface area contributed by atoms with E-state index in [0.29, 0.717) is 0 Å². The largest absolute Gasteiger partial charge is 0.330 e. The van der Waals surface area contributed by atoms with Crippen molar-refractivity contribution in [3.05, 3.63) is 0 Å². The summed E-state index contributed by atoms with van der Waals surface area (Å²) in [6, 6.07) is 0. The quantitative estimate of drug-likeness (QED) is 0.608. The average Bonchev–Trinajstić information content (AvgIpc) is 2.35. The lowest BCUT2D eigenvalue weighted by atomic mass is 9.73. The van der Waals surface area contributed by atoms with Gasteiger partial charge < -0.3 is 5.73 Å². The van der Waals surface area contributed by atoms with Crippen molar-refractivity contribution in [2.24, 2.45) is 23.5 Å². The molecule has 3 unspecified atom stereocenters. The van der Waals surface area contributed by atoms with Gasteiger partial charge in [-0.15, -0.1) is 0 Å². The van der Waals surface area contributed by atoms with Crippen LogP contribution in [0.1, 0.15) is 78.1 Å². The third kappa shape index (κ3) is 5.90. The Bertz CT molecular complexity index is 178. The molecule has 0 aromatic heterocycles. The van der Waals surface area contributed by atoms with Crippen molar-refractivity contribution in [1.29, 1.82) is 0 Å². The molecule has 0 saturated heterocycles. The predicted octanol–water partition coefficient (Wildman–Crippen LogP) is 4.75. The first kappa shape index (κ1) is 15.0. The summed E-state index contributed by atoms with van der Waals surface area (Å²) >= 11 is 0. The van der Waals surface area contributed by atoms with Crippen LogP contribution in [-0.4, -0.2) is 6.54 Å². The van der Waals surface area contributed by atoms with Gasteiger partial charge in [-0.3, -0.25) is 0 Å². The van der Waals surface area contributed by atoms with E-state index in [9.17, 15) is 0 Å². The van der Waals surface area contributed by atoms with Crippen LogP contribution in [0.3, 0.4) is 0 Å². The summed E-state index contributed by atoms with van der Waals surface area (Å²) in [7, 11) is 0. The zero-order valence-corrected chi connectivity index (χ0v) is 12.1. The summed E-state index contributed by atoms with van der Waals surface area (Å²) in [5, 5.41) is 0. The summed E-state index contributed by atoms with van der Waals surface area (Å²) < 4.78 is 0. The van der Waals surface area contributed by atoms with Gasteiger partial charge in [0.15, 0.2) is 0 Å². The summed E-state index contributed by atoms with van der Waals surface area (Å²) in [4.78, 5) is 0. The zero-order chi connectivity index (χ0) is 12.5. The molecule has 1 aliphatic rings. The minimum atomic E-state index is 0.860. The number of rotatable bonds is 8. The minimum absolute atomic E-state index is 0.860. The molecule has 2 N–H and O–H groups in total. The van der Waals surface area contributed by atoms with Crippen LogP contribution < -0.4 is 5.73 Å². The van der Waals surface area contributed by atoms with E-state index < -0.39 is 0 Å². The SMILES string of the molecule is CCCCCCC1CCCC(C(C)CCN)C1. The van der Waals surface area contributed by atoms with Crippen LogP contribution >= 0.6 is 0 Å². The first-order valence-electron chi connectivity index (χ1n) is 7.98. The monoisotopic (exact) mass is 239 g/mol. The molecule has 17 heavy (non-hydrogen) atoms. The molecule has 1 saturated carbocycles. The third-order valence-corrected chi connectivity index (χ3v) is 4.72. The van der Waals surface area contributed by atoms with Crippen LogP contribution in [0.15, 0.2) is 0 Å². The standard InChI is InChI=1S/C16H33N/c1-3-4-5-6-8-15-9-7-10-16(13-15)14(2)11-12-17/h14-16H,3-13,17H2,1-2H3. The van der Waals surface area contributed by atoms with Crippen LogP contribution in [0.2, 0.25) is 0 Å². The van der Waals surface area contributed by atoms with Gasteiger partial charge >= 0.3 is 0 Å². The highest BCUT2D eigenvalue weighted by molar-refractivity contribution is 4.77. The summed E-state index contributed by atoms with van der Waals surface area (Å²) in [5.74, 6) is 2.87. The van der Waals surface area contributed by atoms with Gasteiger partial charge in [0.25, 0.3) is 0 Å². The van der Waals surface area contributed by atoms with Gasteiger partial charge in [0.05, 0.1) is 0 Å². The molecular weight excluding hydrogens is 206 g/mol. The Balaban J connectivity index is 2.19. The van der Waals surface area contributed by atoms with Crippen molar-refractivity contribution in [3.8, 4) is 0 Å². The Morgan fingerprint density at radius 1 is 1.18 bits per heavy atom. The maximum absolute atomic E-state index is 5.68. The van der Waals surface area contributed by atoms with Crippen molar-refractivity contribution in [1.82, 2.24) is 0 Å². The molecule has 3 atom stereocenters. The Labute approximate surface area is 109 Å². The highest BCUT2D eigenvalue weighted by Gasteiger charge is 2.25. The molecule has 0 heterocycles.